The van der Waals surface area contributed by atoms with Gasteiger partial charge >= 0.3 is 19.8 Å². The SMILES string of the molecule is CC/C=C\C/C=C\C/C=C\C/C=C\C/C=C\C/C=C\C/C=C\CCCCCCCCCCCCCCCC(=O)OC(COC(=O)CCC/C=C\C/C=C\C/C=C\C/C=C\C/C=C\C/C=C\C/C=C\CC)COP(=O)(O)OCC[N+](C)(C)C. The van der Waals surface area contributed by atoms with Crippen molar-refractivity contribution in [3.63, 3.8) is 0 Å². The Labute approximate surface area is 502 Å². The molecule has 2 unspecified atom stereocenters. The molecule has 0 aromatic heterocycles. The van der Waals surface area contributed by atoms with Crippen LogP contribution in [0.2, 0.25) is 0 Å². The molecule has 0 aliphatic heterocycles. The topological polar surface area (TPSA) is 108 Å². The summed E-state index contributed by atoms with van der Waals surface area (Å²) in [6.07, 6.45) is 93.0. The van der Waals surface area contributed by atoms with Crippen molar-refractivity contribution in [2.24, 2.45) is 0 Å². The zero-order valence-electron chi connectivity index (χ0n) is 52.4. The number of phosphoric acid groups is 1. The molecule has 462 valence electrons. The number of phosphoric ester groups is 1. The Hall–Kier alpha value is -4.63. The molecule has 0 spiro atoms. The predicted molar refractivity (Wildman–Crippen MR) is 353 cm³/mol. The van der Waals surface area contributed by atoms with E-state index < -0.39 is 32.5 Å². The van der Waals surface area contributed by atoms with Crippen molar-refractivity contribution in [3.05, 3.63) is 170 Å². The minimum Gasteiger partial charge on any atom is -0.462 e. The van der Waals surface area contributed by atoms with Crippen LogP contribution in [0.3, 0.4) is 0 Å². The molecule has 0 fully saturated rings. The zero-order chi connectivity index (χ0) is 59.8. The molecule has 0 heterocycles. The Morgan fingerprint density at radius 2 is 0.671 bits per heavy atom. The fourth-order valence-corrected chi connectivity index (χ4v) is 8.67. The maximum atomic E-state index is 12.9. The van der Waals surface area contributed by atoms with E-state index in [-0.39, 0.29) is 26.1 Å². The van der Waals surface area contributed by atoms with Gasteiger partial charge in [-0.25, -0.2) is 4.57 Å². The van der Waals surface area contributed by atoms with Crippen LogP contribution in [-0.4, -0.2) is 74.9 Å². The summed E-state index contributed by atoms with van der Waals surface area (Å²) in [5.41, 5.74) is 0. The van der Waals surface area contributed by atoms with Gasteiger partial charge in [0.2, 0.25) is 0 Å². The second-order valence-corrected chi connectivity index (χ2v) is 23.1. The number of hydrogen-bond donors (Lipinski definition) is 1. The van der Waals surface area contributed by atoms with Gasteiger partial charge in [0, 0.05) is 12.8 Å². The maximum absolute atomic E-state index is 12.9. The van der Waals surface area contributed by atoms with Crippen LogP contribution in [0.5, 0.6) is 0 Å². The summed E-state index contributed by atoms with van der Waals surface area (Å²) in [6.45, 7) is 4.12. The van der Waals surface area contributed by atoms with Crippen molar-refractivity contribution < 1.29 is 42.1 Å². The van der Waals surface area contributed by atoms with Gasteiger partial charge in [-0.15, -0.1) is 0 Å². The van der Waals surface area contributed by atoms with Crippen LogP contribution in [0.15, 0.2) is 170 Å². The van der Waals surface area contributed by atoms with E-state index in [1.807, 2.05) is 21.1 Å². The summed E-state index contributed by atoms with van der Waals surface area (Å²) < 4.78 is 34.6. The van der Waals surface area contributed by atoms with Crippen molar-refractivity contribution in [1.29, 1.82) is 0 Å². The van der Waals surface area contributed by atoms with Gasteiger partial charge < -0.3 is 18.9 Å². The Morgan fingerprint density at radius 1 is 0.378 bits per heavy atom. The summed E-state index contributed by atoms with van der Waals surface area (Å²) in [5, 5.41) is 0. The van der Waals surface area contributed by atoms with Crippen LogP contribution >= 0.6 is 7.82 Å². The molecule has 0 radical (unpaired) electrons. The van der Waals surface area contributed by atoms with E-state index in [4.69, 9.17) is 18.5 Å². The molecule has 0 rings (SSSR count). The first-order chi connectivity index (χ1) is 40.0. The molecule has 0 aliphatic rings. The van der Waals surface area contributed by atoms with E-state index in [2.05, 4.69) is 184 Å². The highest BCUT2D eigenvalue weighted by molar-refractivity contribution is 7.47. The van der Waals surface area contributed by atoms with Crippen LogP contribution in [-0.2, 0) is 32.7 Å². The van der Waals surface area contributed by atoms with Crippen LogP contribution < -0.4 is 0 Å². The molecule has 0 saturated heterocycles. The number of allylic oxidation sites excluding steroid dienone is 28. The number of hydrogen-bond acceptors (Lipinski definition) is 7. The van der Waals surface area contributed by atoms with E-state index in [9.17, 15) is 19.0 Å². The molecular weight excluding hydrogens is 1040 g/mol. The molecule has 0 bridgehead atoms. The highest BCUT2D eigenvalue weighted by atomic mass is 31.2. The highest BCUT2D eigenvalue weighted by Gasteiger charge is 2.27. The lowest BCUT2D eigenvalue weighted by Gasteiger charge is -2.24. The molecule has 10 heteroatoms. The molecule has 1 N–H and O–H groups in total. The van der Waals surface area contributed by atoms with E-state index in [0.29, 0.717) is 23.9 Å². The number of likely N-dealkylation sites (N-methyl/N-ethyl adjacent to an activating group) is 1. The third-order valence-corrected chi connectivity index (χ3v) is 13.7. The average Bonchev–Trinajstić information content (AvgIpc) is 3.45. The minimum absolute atomic E-state index is 0.0132. The third-order valence-electron chi connectivity index (χ3n) is 12.7. The third kappa shape index (κ3) is 64.5. The minimum atomic E-state index is -4.41. The Kier molecular flexibility index (Phi) is 57.5. The van der Waals surface area contributed by atoms with Gasteiger partial charge in [0.1, 0.15) is 19.8 Å². The maximum Gasteiger partial charge on any atom is 0.472 e. The number of quaternary nitrogens is 1. The lowest BCUT2D eigenvalue weighted by Crippen LogP contribution is -2.37. The quantitative estimate of drug-likeness (QED) is 0.0211. The second kappa shape index (κ2) is 60.9. The largest absolute Gasteiger partial charge is 0.472 e. The number of ether oxygens (including phenoxy) is 2. The molecule has 9 nitrogen and oxygen atoms in total. The van der Waals surface area contributed by atoms with Crippen LogP contribution in [0, 0.1) is 0 Å². The van der Waals surface area contributed by atoms with Crippen molar-refractivity contribution in [3.8, 4) is 0 Å². The summed E-state index contributed by atoms with van der Waals surface area (Å²) in [6, 6.07) is 0. The second-order valence-electron chi connectivity index (χ2n) is 21.7. The highest BCUT2D eigenvalue weighted by Crippen LogP contribution is 2.43. The monoisotopic (exact) mass is 1150 g/mol. The van der Waals surface area contributed by atoms with Gasteiger partial charge in [-0.3, -0.25) is 18.6 Å². The first-order valence-electron chi connectivity index (χ1n) is 31.9. The van der Waals surface area contributed by atoms with Crippen molar-refractivity contribution in [2.45, 2.75) is 225 Å². The summed E-state index contributed by atoms with van der Waals surface area (Å²) in [4.78, 5) is 35.8. The van der Waals surface area contributed by atoms with E-state index in [0.717, 1.165) is 116 Å². The summed E-state index contributed by atoms with van der Waals surface area (Å²) in [7, 11) is 1.42. The molecule has 0 aliphatic carbocycles. The van der Waals surface area contributed by atoms with Crippen LogP contribution in [0.1, 0.15) is 219 Å². The lowest BCUT2D eigenvalue weighted by molar-refractivity contribution is -0.870. The molecule has 0 amide bonds. The van der Waals surface area contributed by atoms with Gasteiger partial charge in [-0.05, 0) is 122 Å². The van der Waals surface area contributed by atoms with E-state index in [1.165, 1.54) is 64.2 Å². The fraction of sp³-hybridized carbons (Fsp3) is 0.583. The Balaban J connectivity index is 4.21. The predicted octanol–water partition coefficient (Wildman–Crippen LogP) is 20.6. The Morgan fingerprint density at radius 3 is 1.01 bits per heavy atom. The number of esters is 2. The fourth-order valence-electron chi connectivity index (χ4n) is 7.93. The van der Waals surface area contributed by atoms with Gasteiger partial charge in [0.25, 0.3) is 0 Å². The lowest BCUT2D eigenvalue weighted by atomic mass is 10.0. The average molecular weight is 1160 g/mol. The van der Waals surface area contributed by atoms with E-state index in [1.54, 1.807) is 0 Å². The molecule has 0 saturated carbocycles. The first-order valence-corrected chi connectivity index (χ1v) is 33.4. The van der Waals surface area contributed by atoms with Crippen molar-refractivity contribution in [1.82, 2.24) is 0 Å². The molecule has 0 aromatic rings. The van der Waals surface area contributed by atoms with Crippen LogP contribution in [0.4, 0.5) is 0 Å². The molecular formula is C72H117NO8P+. The van der Waals surface area contributed by atoms with Gasteiger partial charge in [0.15, 0.2) is 6.10 Å². The zero-order valence-corrected chi connectivity index (χ0v) is 53.3. The van der Waals surface area contributed by atoms with E-state index >= 15 is 0 Å². The van der Waals surface area contributed by atoms with Gasteiger partial charge in [-0.1, -0.05) is 255 Å². The standard InChI is InChI=1S/C72H116NO8P/c1-6-8-10-12-14-16-18-20-22-24-26-28-30-31-32-33-34-35-36-37-38-39-40-41-43-45-47-49-51-53-55-57-59-61-63-65-72(75)81-70(69-80-82(76,77)79-67-66-73(3,4)5)68-78-71(74)64-62-60-58-56-54-52-50-48-46-44-42-29-27-25-23-21-19-17-15-13-11-9-7-2/h8-11,14-17,20-23,26-29,31-32,34-35,37-38,44,46,50,52,56,58,70H,6-7,12-13,18-19,24-25,30,33,36,39-43,45,47-49,51,53-55,57,59-69H2,1-5H3/p+1/b10-8-,11-9-,16-14-,17-15-,22-20-,23-21-,28-26-,29-27-,32-31-,35-34-,38-37-,46-44-,52-50-,58-56-. The summed E-state index contributed by atoms with van der Waals surface area (Å²) in [5.74, 6) is -0.880. The Bertz CT molecular complexity index is 1990. The summed E-state index contributed by atoms with van der Waals surface area (Å²) >= 11 is 0. The smallest absolute Gasteiger partial charge is 0.462 e. The van der Waals surface area contributed by atoms with Crippen molar-refractivity contribution >= 4 is 19.8 Å². The molecule has 82 heavy (non-hydrogen) atoms. The van der Waals surface area contributed by atoms with Gasteiger partial charge in [0.05, 0.1) is 27.7 Å². The number of carbonyl (C=O) groups excluding carboxylic acids is 2. The number of nitrogens with zero attached hydrogens (tertiary/aromatic N) is 1. The number of unbranched alkanes of at least 4 members (excludes halogenated alkanes) is 14. The first kappa shape index (κ1) is 77.4. The van der Waals surface area contributed by atoms with Crippen molar-refractivity contribution in [2.75, 3.05) is 47.5 Å². The molecule has 0 aromatic carbocycles. The van der Waals surface area contributed by atoms with Crippen LogP contribution in [0.25, 0.3) is 0 Å². The number of rotatable bonds is 56. The number of carbonyl (C=O) groups is 2. The van der Waals surface area contributed by atoms with Gasteiger partial charge in [-0.2, -0.15) is 0 Å². The molecule has 2 atom stereocenters. The normalized spacial score (nSPS) is 14.4.